The number of benzene rings is 1. The topological polar surface area (TPSA) is 67.4 Å². The fourth-order valence-electron chi connectivity index (χ4n) is 1.92. The van der Waals surface area contributed by atoms with Gasteiger partial charge < -0.3 is 10.1 Å². The Balaban J connectivity index is 2.09. The molecule has 0 fully saturated rings. The lowest BCUT2D eigenvalue weighted by molar-refractivity contribution is 0.414. The summed E-state index contributed by atoms with van der Waals surface area (Å²) >= 11 is 5.95. The smallest absolute Gasteiger partial charge is 0.240 e. The summed E-state index contributed by atoms with van der Waals surface area (Å²) in [6.45, 7) is 1.99. The van der Waals surface area contributed by atoms with E-state index in [2.05, 4.69) is 10.0 Å². The number of rotatable bonds is 5. The Morgan fingerprint density at radius 2 is 2.25 bits per heavy atom. The molecule has 0 atom stereocenters. The molecule has 7 heteroatoms. The molecule has 0 spiro atoms. The Morgan fingerprint density at radius 1 is 1.45 bits per heavy atom. The third kappa shape index (κ3) is 3.73. The van der Waals surface area contributed by atoms with E-state index < -0.39 is 10.0 Å². The summed E-state index contributed by atoms with van der Waals surface area (Å²) in [5, 5.41) is 3.45. The number of methoxy groups -OCH3 is 1. The van der Waals surface area contributed by atoms with Gasteiger partial charge in [0.15, 0.2) is 0 Å². The minimum atomic E-state index is -3.56. The zero-order valence-electron chi connectivity index (χ0n) is 11.1. The van der Waals surface area contributed by atoms with Crippen molar-refractivity contribution in [3.05, 3.63) is 34.9 Å². The third-order valence-electron chi connectivity index (χ3n) is 3.08. The van der Waals surface area contributed by atoms with Crippen LogP contribution in [0.3, 0.4) is 0 Å². The van der Waals surface area contributed by atoms with E-state index in [1.165, 1.54) is 19.2 Å². The van der Waals surface area contributed by atoms with Gasteiger partial charge in [0.2, 0.25) is 10.0 Å². The number of ether oxygens (including phenoxy) is 1. The van der Waals surface area contributed by atoms with Crippen LogP contribution in [0.5, 0.6) is 5.75 Å². The van der Waals surface area contributed by atoms with Gasteiger partial charge in [-0.1, -0.05) is 23.3 Å². The van der Waals surface area contributed by atoms with Gasteiger partial charge in [0, 0.05) is 13.1 Å². The quantitative estimate of drug-likeness (QED) is 0.809. The van der Waals surface area contributed by atoms with Crippen LogP contribution in [0.25, 0.3) is 0 Å². The van der Waals surface area contributed by atoms with Crippen molar-refractivity contribution in [3.63, 3.8) is 0 Å². The number of hydrogen-bond donors (Lipinski definition) is 2. The molecule has 0 aromatic heterocycles. The van der Waals surface area contributed by atoms with E-state index in [0.29, 0.717) is 12.3 Å². The van der Waals surface area contributed by atoms with Gasteiger partial charge in [-0.3, -0.25) is 0 Å². The number of hydrogen-bond acceptors (Lipinski definition) is 4. The maximum Gasteiger partial charge on any atom is 0.240 e. The SMILES string of the molecule is COc1ccc(S(=O)(=O)NCC2=CCNCC2)cc1Cl. The standard InChI is InChI=1S/C13H17ClN2O3S/c1-19-13-3-2-11(8-12(13)14)20(17,18)16-9-10-4-6-15-7-5-10/h2-4,8,15-16H,5-7,9H2,1H3. The van der Waals surface area contributed by atoms with Gasteiger partial charge in [-0.25, -0.2) is 13.1 Å². The molecule has 110 valence electrons. The van der Waals surface area contributed by atoms with Crippen LogP contribution in [-0.4, -0.2) is 35.2 Å². The Hall–Kier alpha value is -1.08. The second kappa shape index (κ2) is 6.58. The summed E-state index contributed by atoms with van der Waals surface area (Å²) in [6, 6.07) is 4.41. The maximum absolute atomic E-state index is 12.2. The van der Waals surface area contributed by atoms with E-state index in [0.717, 1.165) is 25.1 Å². The maximum atomic E-state index is 12.2. The second-order valence-corrected chi connectivity index (χ2v) is 6.61. The lowest BCUT2D eigenvalue weighted by Crippen LogP contribution is -2.29. The molecule has 0 bridgehead atoms. The summed E-state index contributed by atoms with van der Waals surface area (Å²) in [5.74, 6) is 0.451. The molecule has 2 N–H and O–H groups in total. The summed E-state index contributed by atoms with van der Waals surface area (Å²) in [7, 11) is -2.08. The summed E-state index contributed by atoms with van der Waals surface area (Å²) in [6.07, 6.45) is 2.86. The van der Waals surface area contributed by atoms with E-state index in [-0.39, 0.29) is 9.92 Å². The zero-order valence-corrected chi connectivity index (χ0v) is 12.7. The van der Waals surface area contributed by atoms with Gasteiger partial charge in [0.1, 0.15) is 5.75 Å². The van der Waals surface area contributed by atoms with Crippen molar-refractivity contribution in [2.75, 3.05) is 26.7 Å². The molecule has 5 nitrogen and oxygen atoms in total. The largest absolute Gasteiger partial charge is 0.495 e. The van der Waals surface area contributed by atoms with Crippen molar-refractivity contribution < 1.29 is 13.2 Å². The molecule has 1 aliphatic rings. The van der Waals surface area contributed by atoms with Crippen molar-refractivity contribution >= 4 is 21.6 Å². The Labute approximate surface area is 124 Å². The predicted molar refractivity (Wildman–Crippen MR) is 78.8 cm³/mol. The molecule has 1 heterocycles. The highest BCUT2D eigenvalue weighted by molar-refractivity contribution is 7.89. The lowest BCUT2D eigenvalue weighted by Gasteiger charge is -2.15. The molecule has 20 heavy (non-hydrogen) atoms. The summed E-state index contributed by atoms with van der Waals surface area (Å²) in [5.41, 5.74) is 1.09. The molecule has 1 aromatic rings. The van der Waals surface area contributed by atoms with Crippen LogP contribution in [0.2, 0.25) is 5.02 Å². The van der Waals surface area contributed by atoms with Crippen LogP contribution < -0.4 is 14.8 Å². The highest BCUT2D eigenvalue weighted by Gasteiger charge is 2.16. The van der Waals surface area contributed by atoms with Gasteiger partial charge in [-0.05, 0) is 31.2 Å². The molecule has 0 radical (unpaired) electrons. The highest BCUT2D eigenvalue weighted by Crippen LogP contribution is 2.26. The molecule has 1 aliphatic heterocycles. The predicted octanol–water partition coefficient (Wildman–Crippen LogP) is 1.55. The van der Waals surface area contributed by atoms with E-state index in [4.69, 9.17) is 16.3 Å². The van der Waals surface area contributed by atoms with Crippen molar-refractivity contribution in [1.29, 1.82) is 0 Å². The normalized spacial score (nSPS) is 15.8. The molecule has 0 aliphatic carbocycles. The Kier molecular flexibility index (Phi) is 5.04. The van der Waals surface area contributed by atoms with E-state index >= 15 is 0 Å². The average molecular weight is 317 g/mol. The van der Waals surface area contributed by atoms with E-state index in [1.807, 2.05) is 6.08 Å². The zero-order chi connectivity index (χ0) is 14.6. The van der Waals surface area contributed by atoms with Crippen LogP contribution >= 0.6 is 11.6 Å². The van der Waals surface area contributed by atoms with Crippen molar-refractivity contribution in [2.24, 2.45) is 0 Å². The van der Waals surface area contributed by atoms with Crippen LogP contribution in [0, 0.1) is 0 Å². The van der Waals surface area contributed by atoms with Crippen LogP contribution in [0.15, 0.2) is 34.7 Å². The lowest BCUT2D eigenvalue weighted by atomic mass is 10.1. The summed E-state index contributed by atoms with van der Waals surface area (Å²) < 4.78 is 31.9. The first-order chi connectivity index (χ1) is 9.53. The van der Waals surface area contributed by atoms with Gasteiger partial charge in [-0.2, -0.15) is 0 Å². The van der Waals surface area contributed by atoms with Gasteiger partial charge in [0.05, 0.1) is 17.0 Å². The molecule has 0 amide bonds. The molecule has 0 unspecified atom stereocenters. The van der Waals surface area contributed by atoms with Crippen LogP contribution in [-0.2, 0) is 10.0 Å². The fraction of sp³-hybridized carbons (Fsp3) is 0.385. The molecule has 0 saturated heterocycles. The van der Waals surface area contributed by atoms with Crippen LogP contribution in [0.1, 0.15) is 6.42 Å². The first-order valence-electron chi connectivity index (χ1n) is 6.25. The van der Waals surface area contributed by atoms with Crippen LogP contribution in [0.4, 0.5) is 0 Å². The number of nitrogens with one attached hydrogen (secondary N) is 2. The minimum absolute atomic E-state index is 0.137. The molecule has 1 aromatic carbocycles. The van der Waals surface area contributed by atoms with Gasteiger partial charge in [-0.15, -0.1) is 0 Å². The second-order valence-electron chi connectivity index (χ2n) is 4.44. The first kappa shape index (κ1) is 15.3. The third-order valence-corrected chi connectivity index (χ3v) is 4.78. The molecular formula is C13H17ClN2O3S. The average Bonchev–Trinajstić information content (AvgIpc) is 2.46. The fourth-order valence-corrected chi connectivity index (χ4v) is 3.30. The van der Waals surface area contributed by atoms with Crippen molar-refractivity contribution in [1.82, 2.24) is 10.0 Å². The minimum Gasteiger partial charge on any atom is -0.495 e. The van der Waals surface area contributed by atoms with Crippen molar-refractivity contribution in [2.45, 2.75) is 11.3 Å². The Bertz CT molecular complexity index is 614. The molecule has 0 saturated carbocycles. The molecular weight excluding hydrogens is 300 g/mol. The highest BCUT2D eigenvalue weighted by atomic mass is 35.5. The van der Waals surface area contributed by atoms with E-state index in [9.17, 15) is 8.42 Å². The van der Waals surface area contributed by atoms with Gasteiger partial charge in [0.25, 0.3) is 0 Å². The number of halogens is 1. The van der Waals surface area contributed by atoms with Gasteiger partial charge >= 0.3 is 0 Å². The molecule has 2 rings (SSSR count). The monoisotopic (exact) mass is 316 g/mol. The Morgan fingerprint density at radius 3 is 2.85 bits per heavy atom. The van der Waals surface area contributed by atoms with E-state index in [1.54, 1.807) is 6.07 Å². The number of sulfonamides is 1. The first-order valence-corrected chi connectivity index (χ1v) is 8.11. The summed E-state index contributed by atoms with van der Waals surface area (Å²) in [4.78, 5) is 0.137. The van der Waals surface area contributed by atoms with Crippen molar-refractivity contribution in [3.8, 4) is 5.75 Å².